The van der Waals surface area contributed by atoms with Crippen molar-refractivity contribution in [2.45, 2.75) is 12.8 Å². The number of aromatic nitrogens is 2. The second kappa shape index (κ2) is 7.30. The molecule has 2 aliphatic heterocycles. The van der Waals surface area contributed by atoms with Crippen molar-refractivity contribution in [3.8, 4) is 11.5 Å². The number of aryl methyl sites for hydroxylation is 1. The third-order valence-corrected chi connectivity index (χ3v) is 4.90. The molecule has 27 heavy (non-hydrogen) atoms. The van der Waals surface area contributed by atoms with Gasteiger partial charge in [0.05, 0.1) is 5.92 Å². The summed E-state index contributed by atoms with van der Waals surface area (Å²) in [7, 11) is 1.92. The highest BCUT2D eigenvalue weighted by Crippen LogP contribution is 2.35. The molecular formula is C19H22N4O4. The molecule has 0 bridgehead atoms. The van der Waals surface area contributed by atoms with Crippen molar-refractivity contribution in [3.05, 3.63) is 36.4 Å². The standard InChI is InChI=1S/C19H22N4O4/c1-22-7-6-20-17(22)4-5-21-19(25)13-10-18(24)23(12-13)14-2-3-15-16(11-14)27-9-8-26-15/h2-3,6-7,11,13H,4-5,8-10,12H2,1H3,(H,21,25). The zero-order valence-electron chi connectivity index (χ0n) is 15.2. The van der Waals surface area contributed by atoms with Crippen LogP contribution in [-0.4, -0.2) is 47.7 Å². The van der Waals surface area contributed by atoms with Crippen LogP contribution in [0.4, 0.5) is 5.69 Å². The van der Waals surface area contributed by atoms with Crippen molar-refractivity contribution >= 4 is 17.5 Å². The smallest absolute Gasteiger partial charge is 0.227 e. The second-order valence-corrected chi connectivity index (χ2v) is 6.73. The first kappa shape index (κ1) is 17.4. The highest BCUT2D eigenvalue weighted by Gasteiger charge is 2.35. The summed E-state index contributed by atoms with van der Waals surface area (Å²) in [5.41, 5.74) is 0.729. The summed E-state index contributed by atoms with van der Waals surface area (Å²) in [5, 5.41) is 2.92. The number of rotatable bonds is 5. The summed E-state index contributed by atoms with van der Waals surface area (Å²) in [6, 6.07) is 5.43. The van der Waals surface area contributed by atoms with Crippen LogP contribution >= 0.6 is 0 Å². The van der Waals surface area contributed by atoms with Crippen molar-refractivity contribution in [2.24, 2.45) is 13.0 Å². The molecule has 4 rings (SSSR count). The Hall–Kier alpha value is -3.03. The third kappa shape index (κ3) is 3.60. The lowest BCUT2D eigenvalue weighted by Gasteiger charge is -2.22. The van der Waals surface area contributed by atoms with E-state index in [1.807, 2.05) is 23.9 Å². The van der Waals surface area contributed by atoms with Crippen molar-refractivity contribution in [1.29, 1.82) is 0 Å². The van der Waals surface area contributed by atoms with Gasteiger partial charge in [-0.2, -0.15) is 0 Å². The summed E-state index contributed by atoms with van der Waals surface area (Å²) in [4.78, 5) is 30.8. The Labute approximate surface area is 157 Å². The summed E-state index contributed by atoms with van der Waals surface area (Å²) in [5.74, 6) is 1.71. The molecule has 3 heterocycles. The van der Waals surface area contributed by atoms with E-state index in [4.69, 9.17) is 9.47 Å². The van der Waals surface area contributed by atoms with Crippen LogP contribution in [0.15, 0.2) is 30.6 Å². The number of hydrogen-bond acceptors (Lipinski definition) is 5. The molecule has 0 saturated carbocycles. The predicted molar refractivity (Wildman–Crippen MR) is 97.8 cm³/mol. The number of nitrogens with one attached hydrogen (secondary N) is 1. The van der Waals surface area contributed by atoms with E-state index in [1.54, 1.807) is 23.2 Å². The summed E-state index contributed by atoms with van der Waals surface area (Å²) < 4.78 is 13.0. The van der Waals surface area contributed by atoms with Crippen LogP contribution in [0.25, 0.3) is 0 Å². The Morgan fingerprint density at radius 1 is 1.30 bits per heavy atom. The average Bonchev–Trinajstić information content (AvgIpc) is 3.27. The first-order valence-electron chi connectivity index (χ1n) is 9.06. The van der Waals surface area contributed by atoms with Gasteiger partial charge in [-0.1, -0.05) is 0 Å². The molecular weight excluding hydrogens is 348 g/mol. The summed E-state index contributed by atoms with van der Waals surface area (Å²) in [6.07, 6.45) is 4.47. The Morgan fingerprint density at radius 2 is 2.11 bits per heavy atom. The maximum Gasteiger partial charge on any atom is 0.227 e. The second-order valence-electron chi connectivity index (χ2n) is 6.73. The zero-order valence-corrected chi connectivity index (χ0v) is 15.2. The maximum absolute atomic E-state index is 12.5. The van der Waals surface area contributed by atoms with Crippen molar-refractivity contribution in [3.63, 3.8) is 0 Å². The molecule has 0 radical (unpaired) electrons. The molecule has 1 atom stereocenters. The average molecular weight is 370 g/mol. The maximum atomic E-state index is 12.5. The van der Waals surface area contributed by atoms with Crippen molar-refractivity contribution in [1.82, 2.24) is 14.9 Å². The van der Waals surface area contributed by atoms with Gasteiger partial charge in [0, 0.05) is 57.1 Å². The zero-order chi connectivity index (χ0) is 18.8. The number of imidazole rings is 1. The minimum absolute atomic E-state index is 0.0593. The largest absolute Gasteiger partial charge is 0.486 e. The van der Waals surface area contributed by atoms with E-state index < -0.39 is 0 Å². The Kier molecular flexibility index (Phi) is 4.70. The molecule has 1 unspecified atom stereocenters. The summed E-state index contributed by atoms with van der Waals surface area (Å²) in [6.45, 7) is 1.88. The van der Waals surface area contributed by atoms with E-state index in [0.717, 1.165) is 11.5 Å². The number of hydrogen-bond donors (Lipinski definition) is 1. The first-order valence-corrected chi connectivity index (χ1v) is 9.06. The van der Waals surface area contributed by atoms with Gasteiger partial charge in [-0.3, -0.25) is 9.59 Å². The first-order chi connectivity index (χ1) is 13.1. The molecule has 2 aliphatic rings. The van der Waals surface area contributed by atoms with Crippen LogP contribution in [0.5, 0.6) is 11.5 Å². The number of fused-ring (bicyclic) bond motifs is 1. The molecule has 142 valence electrons. The SMILES string of the molecule is Cn1ccnc1CCNC(=O)C1CC(=O)N(c2ccc3c(c2)OCCO3)C1. The van der Waals surface area contributed by atoms with E-state index in [0.29, 0.717) is 44.2 Å². The van der Waals surface area contributed by atoms with Gasteiger partial charge in [0.1, 0.15) is 19.0 Å². The highest BCUT2D eigenvalue weighted by molar-refractivity contribution is 6.00. The monoisotopic (exact) mass is 370 g/mol. The number of ether oxygens (including phenoxy) is 2. The lowest BCUT2D eigenvalue weighted by molar-refractivity contribution is -0.126. The highest BCUT2D eigenvalue weighted by atomic mass is 16.6. The molecule has 1 aromatic carbocycles. The van der Waals surface area contributed by atoms with Crippen LogP contribution < -0.4 is 19.7 Å². The van der Waals surface area contributed by atoms with Gasteiger partial charge in [0.2, 0.25) is 11.8 Å². The Balaban J connectivity index is 1.35. The number of nitrogens with zero attached hydrogens (tertiary/aromatic N) is 3. The van der Waals surface area contributed by atoms with Gasteiger partial charge in [0.25, 0.3) is 0 Å². The molecule has 8 heteroatoms. The molecule has 0 spiro atoms. The number of anilines is 1. The fraction of sp³-hybridized carbons (Fsp3) is 0.421. The lowest BCUT2D eigenvalue weighted by Crippen LogP contribution is -2.34. The molecule has 1 saturated heterocycles. The van der Waals surface area contributed by atoms with E-state index in [2.05, 4.69) is 10.3 Å². The van der Waals surface area contributed by atoms with Crippen LogP contribution in [0.3, 0.4) is 0 Å². The van der Waals surface area contributed by atoms with E-state index in [1.165, 1.54) is 0 Å². The van der Waals surface area contributed by atoms with Crippen LogP contribution in [-0.2, 0) is 23.1 Å². The quantitative estimate of drug-likeness (QED) is 0.845. The van der Waals surface area contributed by atoms with Gasteiger partial charge in [0.15, 0.2) is 11.5 Å². The topological polar surface area (TPSA) is 85.7 Å². The third-order valence-electron chi connectivity index (χ3n) is 4.90. The lowest BCUT2D eigenvalue weighted by atomic mass is 10.1. The van der Waals surface area contributed by atoms with E-state index in [-0.39, 0.29) is 24.2 Å². The molecule has 2 amide bonds. The molecule has 1 fully saturated rings. The molecule has 1 aromatic heterocycles. The van der Waals surface area contributed by atoms with Crippen LogP contribution in [0, 0.1) is 5.92 Å². The van der Waals surface area contributed by atoms with Gasteiger partial charge in [-0.15, -0.1) is 0 Å². The van der Waals surface area contributed by atoms with Gasteiger partial charge < -0.3 is 24.3 Å². The predicted octanol–water partition coefficient (Wildman–Crippen LogP) is 0.903. The molecule has 0 aliphatic carbocycles. The van der Waals surface area contributed by atoms with Crippen LogP contribution in [0.2, 0.25) is 0 Å². The fourth-order valence-corrected chi connectivity index (χ4v) is 3.41. The van der Waals surface area contributed by atoms with Gasteiger partial charge >= 0.3 is 0 Å². The number of benzene rings is 1. The summed E-state index contributed by atoms with van der Waals surface area (Å²) >= 11 is 0. The Bertz CT molecular complexity index is 863. The van der Waals surface area contributed by atoms with Gasteiger partial charge in [-0.25, -0.2) is 4.98 Å². The van der Waals surface area contributed by atoms with E-state index >= 15 is 0 Å². The van der Waals surface area contributed by atoms with Crippen LogP contribution in [0.1, 0.15) is 12.2 Å². The van der Waals surface area contributed by atoms with E-state index in [9.17, 15) is 9.59 Å². The van der Waals surface area contributed by atoms with Gasteiger partial charge in [-0.05, 0) is 12.1 Å². The molecule has 8 nitrogen and oxygen atoms in total. The normalized spacial score (nSPS) is 18.6. The minimum atomic E-state index is -0.355. The number of carbonyl (C=O) groups excluding carboxylic acids is 2. The Morgan fingerprint density at radius 3 is 2.89 bits per heavy atom. The van der Waals surface area contributed by atoms with Crippen molar-refractivity contribution < 1.29 is 19.1 Å². The minimum Gasteiger partial charge on any atom is -0.486 e. The fourth-order valence-electron chi connectivity index (χ4n) is 3.41. The van der Waals surface area contributed by atoms with Crippen molar-refractivity contribution in [2.75, 3.05) is 31.2 Å². The number of carbonyl (C=O) groups is 2. The number of amides is 2. The molecule has 1 N–H and O–H groups in total. The molecule has 2 aromatic rings.